The van der Waals surface area contributed by atoms with Crippen molar-refractivity contribution in [3.8, 4) is 0 Å². The number of carbonyl (C=O) groups is 1. The fourth-order valence-electron chi connectivity index (χ4n) is 3.18. The molecular weight excluding hydrogens is 280 g/mol. The number of carbonyl (C=O) groups excluding carboxylic acids is 1. The molecule has 0 heterocycles. The van der Waals surface area contributed by atoms with Gasteiger partial charge in [0.2, 0.25) is 0 Å². The molecule has 0 fully saturated rings. The molecule has 0 atom stereocenters. The molecule has 0 saturated carbocycles. The lowest BCUT2D eigenvalue weighted by atomic mass is 9.94. The first kappa shape index (κ1) is 13.7. The smallest absolute Gasteiger partial charge is 0.194 e. The van der Waals surface area contributed by atoms with Gasteiger partial charge in [-0.25, -0.2) is 0 Å². The molecule has 0 radical (unpaired) electrons. The summed E-state index contributed by atoms with van der Waals surface area (Å²) in [5.74, 6) is 0.113. The van der Waals surface area contributed by atoms with E-state index in [4.69, 9.17) is 0 Å². The molecular formula is C22H16O. The minimum absolute atomic E-state index is 0.113. The highest BCUT2D eigenvalue weighted by Gasteiger charge is 2.30. The minimum Gasteiger partial charge on any atom is -0.289 e. The van der Waals surface area contributed by atoms with E-state index in [2.05, 4.69) is 31.2 Å². The van der Waals surface area contributed by atoms with Gasteiger partial charge in [0.05, 0.1) is 0 Å². The lowest BCUT2D eigenvalue weighted by molar-refractivity contribution is 0.105. The minimum atomic E-state index is 0.113. The summed E-state index contributed by atoms with van der Waals surface area (Å²) in [6.45, 7) is 2.07. The van der Waals surface area contributed by atoms with Gasteiger partial charge in [-0.05, 0) is 23.6 Å². The lowest BCUT2D eigenvalue weighted by Gasteiger charge is -2.09. The Labute approximate surface area is 135 Å². The van der Waals surface area contributed by atoms with Crippen LogP contribution in [0, 0.1) is 6.92 Å². The molecule has 0 N–H and O–H groups in total. The molecule has 1 heteroatoms. The molecule has 1 aliphatic carbocycles. The normalized spacial score (nSPS) is 13.3. The van der Waals surface area contributed by atoms with E-state index in [9.17, 15) is 4.79 Å². The van der Waals surface area contributed by atoms with E-state index in [1.54, 1.807) is 0 Å². The predicted molar refractivity (Wildman–Crippen MR) is 94.3 cm³/mol. The highest BCUT2D eigenvalue weighted by molar-refractivity contribution is 6.41. The summed E-state index contributed by atoms with van der Waals surface area (Å²) in [5, 5.41) is 0. The van der Waals surface area contributed by atoms with Crippen molar-refractivity contribution in [2.75, 3.05) is 0 Å². The van der Waals surface area contributed by atoms with Crippen molar-refractivity contribution in [1.82, 2.24) is 0 Å². The third-order valence-electron chi connectivity index (χ3n) is 4.32. The van der Waals surface area contributed by atoms with Crippen molar-refractivity contribution < 1.29 is 4.79 Å². The second-order valence-electron chi connectivity index (χ2n) is 5.86. The van der Waals surface area contributed by atoms with Gasteiger partial charge in [0.25, 0.3) is 0 Å². The van der Waals surface area contributed by atoms with E-state index in [1.165, 1.54) is 5.56 Å². The molecule has 0 unspecified atom stereocenters. The number of rotatable bonds is 2. The molecule has 0 saturated heterocycles. The molecule has 0 spiro atoms. The molecule has 4 rings (SSSR count). The molecule has 1 aliphatic rings. The van der Waals surface area contributed by atoms with Gasteiger partial charge in [0.1, 0.15) is 0 Å². The molecule has 23 heavy (non-hydrogen) atoms. The predicted octanol–water partition coefficient (Wildman–Crippen LogP) is 5.15. The molecule has 110 valence electrons. The number of aryl methyl sites for hydroxylation is 1. The number of fused-ring (bicyclic) bond motifs is 1. The number of Topliss-reactive ketones (excluding diaryl/α,β-unsaturated/α-hetero) is 1. The Hall–Kier alpha value is -2.93. The van der Waals surface area contributed by atoms with Crippen molar-refractivity contribution in [1.29, 1.82) is 0 Å². The van der Waals surface area contributed by atoms with Gasteiger partial charge < -0.3 is 0 Å². The third kappa shape index (κ3) is 2.22. The molecule has 1 nitrogen and oxygen atoms in total. The number of hydrogen-bond acceptors (Lipinski definition) is 1. The zero-order valence-electron chi connectivity index (χ0n) is 12.9. The maximum atomic E-state index is 13.0. The van der Waals surface area contributed by atoms with Gasteiger partial charge in [-0.15, -0.1) is 0 Å². The van der Waals surface area contributed by atoms with Gasteiger partial charge in [0, 0.05) is 16.7 Å². The van der Waals surface area contributed by atoms with E-state index in [1.807, 2.05) is 54.6 Å². The largest absolute Gasteiger partial charge is 0.289 e. The quantitative estimate of drug-likeness (QED) is 0.639. The average molecular weight is 296 g/mol. The third-order valence-corrected chi connectivity index (χ3v) is 4.32. The topological polar surface area (TPSA) is 17.1 Å². The SMILES string of the molecule is Cc1ccc(C2=C(c3ccccc3)C(=O)c3ccccc32)cc1. The van der Waals surface area contributed by atoms with E-state index < -0.39 is 0 Å². The number of hydrogen-bond donors (Lipinski definition) is 0. The Balaban J connectivity index is 2.03. The van der Waals surface area contributed by atoms with E-state index in [-0.39, 0.29) is 5.78 Å². The summed E-state index contributed by atoms with van der Waals surface area (Å²) in [4.78, 5) is 13.0. The molecule has 0 bridgehead atoms. The van der Waals surface area contributed by atoms with Crippen LogP contribution in [0.15, 0.2) is 78.9 Å². The Morgan fingerprint density at radius 1 is 0.565 bits per heavy atom. The summed E-state index contributed by atoms with van der Waals surface area (Å²) in [5.41, 5.74) is 6.94. The summed E-state index contributed by atoms with van der Waals surface area (Å²) >= 11 is 0. The van der Waals surface area contributed by atoms with Gasteiger partial charge in [-0.3, -0.25) is 4.79 Å². The maximum Gasteiger partial charge on any atom is 0.194 e. The Bertz CT molecular complexity index is 916. The Kier molecular flexibility index (Phi) is 3.20. The molecule has 0 aliphatic heterocycles. The van der Waals surface area contributed by atoms with Crippen LogP contribution < -0.4 is 0 Å². The highest BCUT2D eigenvalue weighted by atomic mass is 16.1. The molecule has 3 aromatic rings. The van der Waals surface area contributed by atoms with Crippen molar-refractivity contribution in [2.24, 2.45) is 0 Å². The Morgan fingerprint density at radius 3 is 1.83 bits per heavy atom. The number of ketones is 1. The first-order valence-corrected chi connectivity index (χ1v) is 7.76. The molecule has 3 aromatic carbocycles. The average Bonchev–Trinajstić information content (AvgIpc) is 2.90. The molecule has 0 amide bonds. The second kappa shape index (κ2) is 5.36. The summed E-state index contributed by atoms with van der Waals surface area (Å²) in [6, 6.07) is 26.2. The van der Waals surface area contributed by atoms with Crippen molar-refractivity contribution >= 4 is 16.9 Å². The van der Waals surface area contributed by atoms with E-state index in [0.717, 1.165) is 33.4 Å². The highest BCUT2D eigenvalue weighted by Crippen LogP contribution is 2.41. The van der Waals surface area contributed by atoms with E-state index in [0.29, 0.717) is 0 Å². The monoisotopic (exact) mass is 296 g/mol. The van der Waals surface area contributed by atoms with Crippen LogP contribution in [-0.2, 0) is 0 Å². The zero-order chi connectivity index (χ0) is 15.8. The van der Waals surface area contributed by atoms with Gasteiger partial charge >= 0.3 is 0 Å². The summed E-state index contributed by atoms with van der Waals surface area (Å²) in [7, 11) is 0. The zero-order valence-corrected chi connectivity index (χ0v) is 12.9. The van der Waals surface area contributed by atoms with Crippen LogP contribution in [0.2, 0.25) is 0 Å². The standard InChI is InChI=1S/C22H16O/c1-15-11-13-17(14-12-15)20-18-9-5-6-10-19(18)22(23)21(20)16-7-3-2-4-8-16/h2-14H,1H3. The van der Waals surface area contributed by atoms with Gasteiger partial charge in [0.15, 0.2) is 5.78 Å². The van der Waals surface area contributed by atoms with Crippen LogP contribution in [0.3, 0.4) is 0 Å². The fourth-order valence-corrected chi connectivity index (χ4v) is 3.18. The van der Waals surface area contributed by atoms with Crippen LogP contribution in [0.25, 0.3) is 11.1 Å². The van der Waals surface area contributed by atoms with Crippen LogP contribution in [0.5, 0.6) is 0 Å². The first-order chi connectivity index (χ1) is 11.3. The Morgan fingerprint density at radius 2 is 1.13 bits per heavy atom. The fraction of sp³-hybridized carbons (Fsp3) is 0.0455. The second-order valence-corrected chi connectivity index (χ2v) is 5.86. The van der Waals surface area contributed by atoms with Crippen LogP contribution in [0.4, 0.5) is 0 Å². The molecule has 0 aromatic heterocycles. The maximum absolute atomic E-state index is 13.0. The number of allylic oxidation sites excluding steroid dienone is 1. The van der Waals surface area contributed by atoms with Crippen LogP contribution in [0.1, 0.15) is 32.6 Å². The first-order valence-electron chi connectivity index (χ1n) is 7.76. The van der Waals surface area contributed by atoms with Gasteiger partial charge in [-0.1, -0.05) is 84.4 Å². The lowest BCUT2D eigenvalue weighted by Crippen LogP contribution is -1.98. The van der Waals surface area contributed by atoms with Crippen LogP contribution >= 0.6 is 0 Å². The van der Waals surface area contributed by atoms with Gasteiger partial charge in [-0.2, -0.15) is 0 Å². The van der Waals surface area contributed by atoms with E-state index >= 15 is 0 Å². The van der Waals surface area contributed by atoms with Crippen LogP contribution in [-0.4, -0.2) is 5.78 Å². The van der Waals surface area contributed by atoms with Crippen molar-refractivity contribution in [2.45, 2.75) is 6.92 Å². The van der Waals surface area contributed by atoms with Crippen molar-refractivity contribution in [3.05, 3.63) is 107 Å². The van der Waals surface area contributed by atoms with Crippen molar-refractivity contribution in [3.63, 3.8) is 0 Å². The summed E-state index contributed by atoms with van der Waals surface area (Å²) < 4.78 is 0. The number of benzene rings is 3. The summed E-state index contributed by atoms with van der Waals surface area (Å²) in [6.07, 6.45) is 0.